The summed E-state index contributed by atoms with van der Waals surface area (Å²) in [7, 11) is -3.06. The molecule has 102 valence electrons. The second-order valence-electron chi connectivity index (χ2n) is 5.41. The van der Waals surface area contributed by atoms with Gasteiger partial charge in [0.15, 0.2) is 0 Å². The molecule has 2 unspecified atom stereocenters. The molecule has 0 spiro atoms. The average Bonchev–Trinajstić information content (AvgIpc) is 2.75. The van der Waals surface area contributed by atoms with E-state index < -0.39 is 10.0 Å². The van der Waals surface area contributed by atoms with E-state index in [0.29, 0.717) is 19.0 Å². The van der Waals surface area contributed by atoms with Crippen LogP contribution in [-0.4, -0.2) is 56.1 Å². The van der Waals surface area contributed by atoms with Gasteiger partial charge in [-0.3, -0.25) is 4.90 Å². The van der Waals surface area contributed by atoms with Gasteiger partial charge in [-0.15, -0.1) is 0 Å². The highest BCUT2D eigenvalue weighted by Crippen LogP contribution is 2.23. The zero-order chi connectivity index (χ0) is 13.2. The summed E-state index contributed by atoms with van der Waals surface area (Å²) in [6.07, 6.45) is 5.33. The molecule has 5 nitrogen and oxygen atoms in total. The average molecular weight is 271 g/mol. The number of sulfonamides is 1. The summed E-state index contributed by atoms with van der Waals surface area (Å²) in [6.45, 7) is 3.11. The zero-order valence-electron chi connectivity index (χ0n) is 10.9. The van der Waals surface area contributed by atoms with Gasteiger partial charge >= 0.3 is 0 Å². The van der Waals surface area contributed by atoms with Gasteiger partial charge in [-0.2, -0.15) is 5.26 Å². The minimum atomic E-state index is -3.06. The van der Waals surface area contributed by atoms with Crippen molar-refractivity contribution >= 4 is 10.0 Å². The number of hydrogen-bond acceptors (Lipinski definition) is 4. The molecule has 2 aliphatic heterocycles. The van der Waals surface area contributed by atoms with Crippen molar-refractivity contribution in [1.82, 2.24) is 9.21 Å². The van der Waals surface area contributed by atoms with E-state index in [1.54, 1.807) is 4.31 Å². The van der Waals surface area contributed by atoms with E-state index in [2.05, 4.69) is 11.0 Å². The van der Waals surface area contributed by atoms with Gasteiger partial charge in [-0.1, -0.05) is 0 Å². The quantitative estimate of drug-likeness (QED) is 0.756. The summed E-state index contributed by atoms with van der Waals surface area (Å²) >= 11 is 0. The Balaban J connectivity index is 1.92. The summed E-state index contributed by atoms with van der Waals surface area (Å²) in [4.78, 5) is 2.22. The van der Waals surface area contributed by atoms with E-state index in [0.717, 1.165) is 38.8 Å². The first-order chi connectivity index (χ1) is 8.50. The summed E-state index contributed by atoms with van der Waals surface area (Å²) in [5, 5.41) is 9.05. The van der Waals surface area contributed by atoms with Crippen LogP contribution in [0.4, 0.5) is 0 Å². The summed E-state index contributed by atoms with van der Waals surface area (Å²) in [5.41, 5.74) is 0. The van der Waals surface area contributed by atoms with Gasteiger partial charge in [0.05, 0.1) is 18.4 Å². The molecule has 0 aromatic rings. The Hall–Kier alpha value is -0.640. The third-order valence-corrected chi connectivity index (χ3v) is 5.23. The lowest BCUT2D eigenvalue weighted by molar-refractivity contribution is 0.185. The van der Waals surface area contributed by atoms with Crippen molar-refractivity contribution in [3.63, 3.8) is 0 Å². The molecule has 2 saturated heterocycles. The monoisotopic (exact) mass is 271 g/mol. The fourth-order valence-corrected chi connectivity index (χ4v) is 3.94. The Kier molecular flexibility index (Phi) is 4.25. The smallest absolute Gasteiger partial charge is 0.211 e. The highest BCUT2D eigenvalue weighted by atomic mass is 32.2. The largest absolute Gasteiger partial charge is 0.288 e. The maximum absolute atomic E-state index is 11.5. The van der Waals surface area contributed by atoms with Gasteiger partial charge in [0, 0.05) is 19.6 Å². The molecule has 0 aliphatic carbocycles. The van der Waals surface area contributed by atoms with Crippen molar-refractivity contribution < 1.29 is 8.42 Å². The van der Waals surface area contributed by atoms with Crippen molar-refractivity contribution in [3.8, 4) is 6.07 Å². The highest BCUT2D eigenvalue weighted by Gasteiger charge is 2.30. The van der Waals surface area contributed by atoms with E-state index in [1.165, 1.54) is 6.26 Å². The van der Waals surface area contributed by atoms with Crippen LogP contribution in [0.3, 0.4) is 0 Å². The van der Waals surface area contributed by atoms with Crippen molar-refractivity contribution in [2.75, 3.05) is 32.4 Å². The first-order valence-corrected chi connectivity index (χ1v) is 8.44. The lowest BCUT2D eigenvalue weighted by atomic mass is 9.99. The van der Waals surface area contributed by atoms with Crippen LogP contribution in [0.25, 0.3) is 0 Å². The van der Waals surface area contributed by atoms with Gasteiger partial charge in [-0.05, 0) is 38.1 Å². The van der Waals surface area contributed by atoms with Crippen LogP contribution in [0, 0.1) is 17.2 Å². The van der Waals surface area contributed by atoms with Crippen LogP contribution in [0.1, 0.15) is 25.7 Å². The molecule has 0 saturated carbocycles. The van der Waals surface area contributed by atoms with Crippen LogP contribution in [0.2, 0.25) is 0 Å². The molecular weight excluding hydrogens is 250 g/mol. The molecule has 0 bridgehead atoms. The molecule has 2 aliphatic rings. The first kappa shape index (κ1) is 13.8. The Morgan fingerprint density at radius 2 is 2.00 bits per heavy atom. The molecule has 0 aromatic carbocycles. The van der Waals surface area contributed by atoms with E-state index in [9.17, 15) is 8.42 Å². The Morgan fingerprint density at radius 1 is 1.28 bits per heavy atom. The molecule has 0 amide bonds. The number of nitriles is 1. The molecule has 18 heavy (non-hydrogen) atoms. The highest BCUT2D eigenvalue weighted by molar-refractivity contribution is 7.88. The fraction of sp³-hybridized carbons (Fsp3) is 0.917. The summed E-state index contributed by atoms with van der Waals surface area (Å²) in [5.74, 6) is 0.377. The van der Waals surface area contributed by atoms with Gasteiger partial charge in [0.25, 0.3) is 0 Å². The summed E-state index contributed by atoms with van der Waals surface area (Å²) < 4.78 is 24.7. The lowest BCUT2D eigenvalue weighted by Gasteiger charge is -2.33. The molecule has 2 heterocycles. The van der Waals surface area contributed by atoms with Crippen molar-refractivity contribution in [1.29, 1.82) is 5.26 Å². The fourth-order valence-electron chi connectivity index (χ4n) is 3.00. The molecule has 0 aromatic heterocycles. The molecular formula is C12H21N3O2S. The topological polar surface area (TPSA) is 64.4 Å². The second-order valence-corrected chi connectivity index (χ2v) is 7.39. The van der Waals surface area contributed by atoms with Gasteiger partial charge in [0.1, 0.15) is 0 Å². The molecule has 2 fully saturated rings. The van der Waals surface area contributed by atoms with E-state index >= 15 is 0 Å². The van der Waals surface area contributed by atoms with E-state index in [1.807, 2.05) is 0 Å². The lowest BCUT2D eigenvalue weighted by Crippen LogP contribution is -2.44. The predicted molar refractivity (Wildman–Crippen MR) is 69.3 cm³/mol. The Bertz CT molecular complexity index is 429. The minimum Gasteiger partial charge on any atom is -0.288 e. The molecule has 0 N–H and O–H groups in total. The first-order valence-electron chi connectivity index (χ1n) is 6.59. The van der Waals surface area contributed by atoms with Gasteiger partial charge < -0.3 is 0 Å². The third kappa shape index (κ3) is 3.22. The second kappa shape index (κ2) is 5.55. The zero-order valence-corrected chi connectivity index (χ0v) is 11.7. The van der Waals surface area contributed by atoms with Crippen LogP contribution < -0.4 is 0 Å². The van der Waals surface area contributed by atoms with Gasteiger partial charge in [0.2, 0.25) is 10.0 Å². The van der Waals surface area contributed by atoms with E-state index in [-0.39, 0.29) is 6.04 Å². The number of rotatable bonds is 3. The van der Waals surface area contributed by atoms with Crippen molar-refractivity contribution in [2.24, 2.45) is 5.92 Å². The van der Waals surface area contributed by atoms with Crippen LogP contribution in [0.15, 0.2) is 0 Å². The molecule has 2 rings (SSSR count). The number of hydrogen-bond donors (Lipinski definition) is 0. The van der Waals surface area contributed by atoms with E-state index in [4.69, 9.17) is 5.26 Å². The van der Waals surface area contributed by atoms with Crippen molar-refractivity contribution in [3.05, 3.63) is 0 Å². The maximum atomic E-state index is 11.5. The standard InChI is InChI=1S/C12H21N3O2S/c1-18(16,17)15-7-2-4-11(10-15)9-14-6-3-5-12(14)8-13/h11-12H,2-7,9-10H2,1H3. The third-order valence-electron chi connectivity index (χ3n) is 3.96. The number of likely N-dealkylation sites (tertiary alicyclic amines) is 1. The van der Waals surface area contributed by atoms with Crippen LogP contribution in [-0.2, 0) is 10.0 Å². The SMILES string of the molecule is CS(=O)(=O)N1CCCC(CN2CCCC2C#N)C1. The normalized spacial score (nSPS) is 31.3. The minimum absolute atomic E-state index is 0.0404. The number of nitrogens with zero attached hydrogens (tertiary/aromatic N) is 3. The maximum Gasteiger partial charge on any atom is 0.211 e. The molecule has 0 radical (unpaired) electrons. The summed E-state index contributed by atoms with van der Waals surface area (Å²) in [6, 6.07) is 2.38. The van der Waals surface area contributed by atoms with Gasteiger partial charge in [-0.25, -0.2) is 12.7 Å². The number of piperidine rings is 1. The molecule has 2 atom stereocenters. The predicted octanol–water partition coefficient (Wildman–Crippen LogP) is 0.646. The Labute approximate surface area is 109 Å². The van der Waals surface area contributed by atoms with Crippen LogP contribution in [0.5, 0.6) is 0 Å². The molecule has 6 heteroatoms. The van der Waals surface area contributed by atoms with Crippen molar-refractivity contribution in [2.45, 2.75) is 31.7 Å². The van der Waals surface area contributed by atoms with Crippen LogP contribution >= 0.6 is 0 Å². The Morgan fingerprint density at radius 3 is 2.67 bits per heavy atom.